The lowest BCUT2D eigenvalue weighted by molar-refractivity contribution is 0.0572. The average Bonchev–Trinajstić information content (AvgIpc) is 2.25. The second-order valence-electron chi connectivity index (χ2n) is 3.49. The van der Waals surface area contributed by atoms with E-state index < -0.39 is 18.9 Å². The van der Waals surface area contributed by atoms with Crippen molar-refractivity contribution in [3.05, 3.63) is 32.7 Å². The van der Waals surface area contributed by atoms with Gasteiger partial charge in [-0.15, -0.1) is 0 Å². The molecule has 2 nitrogen and oxygen atoms in total. The van der Waals surface area contributed by atoms with Crippen LogP contribution in [0.3, 0.4) is 0 Å². The van der Waals surface area contributed by atoms with Crippen LogP contribution in [0.15, 0.2) is 27.1 Å². The van der Waals surface area contributed by atoms with Crippen molar-refractivity contribution in [2.75, 3.05) is 18.4 Å². The van der Waals surface area contributed by atoms with E-state index >= 15 is 0 Å². The number of rotatable bonds is 5. The van der Waals surface area contributed by atoms with Gasteiger partial charge in [-0.1, -0.05) is 47.8 Å². The molecule has 0 heterocycles. The number of amides is 1. The van der Waals surface area contributed by atoms with Gasteiger partial charge in [0.15, 0.2) is 0 Å². The molecule has 18 heavy (non-hydrogen) atoms. The highest BCUT2D eigenvalue weighted by atomic mass is 79.9. The highest BCUT2D eigenvalue weighted by molar-refractivity contribution is 9.11. The Bertz CT molecular complexity index is 408. The summed E-state index contributed by atoms with van der Waals surface area (Å²) in [5.74, 6) is -0.406. The van der Waals surface area contributed by atoms with Crippen LogP contribution >= 0.6 is 47.8 Å². The minimum Gasteiger partial charge on any atom is -0.332 e. The van der Waals surface area contributed by atoms with Crippen molar-refractivity contribution < 1.29 is 13.6 Å². The predicted octanol–water partition coefficient (Wildman–Crippen LogP) is 4.31. The van der Waals surface area contributed by atoms with Gasteiger partial charge in [0.05, 0.1) is 6.54 Å². The van der Waals surface area contributed by atoms with Crippen molar-refractivity contribution in [3.63, 3.8) is 0 Å². The van der Waals surface area contributed by atoms with Gasteiger partial charge in [-0.3, -0.25) is 4.79 Å². The van der Waals surface area contributed by atoms with Gasteiger partial charge in [-0.25, -0.2) is 8.78 Å². The maximum Gasteiger partial charge on any atom is 0.255 e. The van der Waals surface area contributed by atoms with E-state index in [-0.39, 0.29) is 6.54 Å². The maximum atomic E-state index is 12.4. The summed E-state index contributed by atoms with van der Waals surface area (Å²) in [6.45, 7) is -0.318. The van der Waals surface area contributed by atoms with Gasteiger partial charge in [0, 0.05) is 26.4 Å². The number of carbonyl (C=O) groups is 1. The monoisotopic (exact) mass is 447 g/mol. The lowest BCUT2D eigenvalue weighted by Gasteiger charge is -2.21. The standard InChI is InChI=1S/C11H10Br3F2NO/c12-1-2-17(6-10(15)16)11(18)7-3-8(13)5-9(14)4-7/h3-5,10H,1-2,6H2. The molecular weight excluding hydrogens is 440 g/mol. The Morgan fingerprint density at radius 1 is 1.22 bits per heavy atom. The zero-order chi connectivity index (χ0) is 13.7. The Morgan fingerprint density at radius 2 is 1.78 bits per heavy atom. The fourth-order valence-corrected chi connectivity index (χ4v) is 3.13. The minimum absolute atomic E-state index is 0.243. The van der Waals surface area contributed by atoms with Crippen LogP contribution in [-0.2, 0) is 0 Å². The number of carbonyl (C=O) groups excluding carboxylic acids is 1. The summed E-state index contributed by atoms with van der Waals surface area (Å²) in [6, 6.07) is 5.00. The van der Waals surface area contributed by atoms with Crippen LogP contribution in [0.5, 0.6) is 0 Å². The van der Waals surface area contributed by atoms with Gasteiger partial charge in [-0.2, -0.15) is 0 Å². The number of hydrogen-bond donors (Lipinski definition) is 0. The normalized spacial score (nSPS) is 10.8. The topological polar surface area (TPSA) is 20.3 Å². The zero-order valence-corrected chi connectivity index (χ0v) is 13.9. The molecule has 1 rings (SSSR count). The van der Waals surface area contributed by atoms with E-state index in [2.05, 4.69) is 47.8 Å². The Labute approximate surface area is 129 Å². The third-order valence-electron chi connectivity index (χ3n) is 2.11. The number of benzene rings is 1. The molecule has 0 atom stereocenters. The van der Waals surface area contributed by atoms with Crippen molar-refractivity contribution in [2.45, 2.75) is 6.43 Å². The molecule has 1 amide bonds. The van der Waals surface area contributed by atoms with E-state index in [9.17, 15) is 13.6 Å². The van der Waals surface area contributed by atoms with Crippen molar-refractivity contribution in [1.29, 1.82) is 0 Å². The van der Waals surface area contributed by atoms with Crippen molar-refractivity contribution in [3.8, 4) is 0 Å². The third-order valence-corrected chi connectivity index (χ3v) is 3.38. The number of hydrogen-bond acceptors (Lipinski definition) is 1. The summed E-state index contributed by atoms with van der Waals surface area (Å²) in [6.07, 6.45) is -2.54. The first-order valence-electron chi connectivity index (χ1n) is 5.03. The largest absolute Gasteiger partial charge is 0.332 e. The molecule has 0 aromatic heterocycles. The molecule has 0 aliphatic rings. The number of halogens is 5. The van der Waals surface area contributed by atoms with Crippen molar-refractivity contribution in [1.82, 2.24) is 4.90 Å². The molecule has 0 aliphatic heterocycles. The second-order valence-corrected chi connectivity index (χ2v) is 6.11. The molecule has 1 aromatic rings. The Kier molecular flexibility index (Phi) is 6.73. The van der Waals surface area contributed by atoms with Gasteiger partial charge in [0.1, 0.15) is 0 Å². The van der Waals surface area contributed by atoms with E-state index in [0.717, 1.165) is 13.8 Å². The molecule has 100 valence electrons. The molecule has 0 bridgehead atoms. The first-order valence-corrected chi connectivity index (χ1v) is 7.74. The summed E-state index contributed by atoms with van der Waals surface area (Å²) in [4.78, 5) is 13.2. The predicted molar refractivity (Wildman–Crippen MR) is 77.5 cm³/mol. The molecule has 0 fully saturated rings. The van der Waals surface area contributed by atoms with E-state index in [1.165, 1.54) is 0 Å². The second kappa shape index (κ2) is 7.55. The molecule has 0 unspecified atom stereocenters. The fourth-order valence-electron chi connectivity index (χ4n) is 1.40. The smallest absolute Gasteiger partial charge is 0.255 e. The lowest BCUT2D eigenvalue weighted by Crippen LogP contribution is -2.36. The average molecular weight is 450 g/mol. The molecule has 0 spiro atoms. The zero-order valence-electron chi connectivity index (χ0n) is 9.18. The van der Waals surface area contributed by atoms with Crippen LogP contribution < -0.4 is 0 Å². The summed E-state index contributed by atoms with van der Waals surface area (Å²) in [5, 5.41) is 0.459. The molecule has 1 aromatic carbocycles. The van der Waals surface area contributed by atoms with E-state index in [4.69, 9.17) is 0 Å². The molecule has 0 saturated heterocycles. The molecular formula is C11H10Br3F2NO. The van der Waals surface area contributed by atoms with E-state index in [1.54, 1.807) is 18.2 Å². The van der Waals surface area contributed by atoms with Crippen LogP contribution in [0.1, 0.15) is 10.4 Å². The first kappa shape index (κ1) is 16.0. The molecule has 0 aliphatic carbocycles. The van der Waals surface area contributed by atoms with Crippen molar-refractivity contribution in [2.24, 2.45) is 0 Å². The highest BCUT2D eigenvalue weighted by Crippen LogP contribution is 2.21. The number of nitrogens with zero attached hydrogens (tertiary/aromatic N) is 1. The molecule has 0 N–H and O–H groups in total. The maximum absolute atomic E-state index is 12.4. The van der Waals surface area contributed by atoms with E-state index in [1.807, 2.05) is 0 Å². The first-order chi connectivity index (χ1) is 8.43. The minimum atomic E-state index is -2.54. The quantitative estimate of drug-likeness (QED) is 0.613. The van der Waals surface area contributed by atoms with Gasteiger partial charge in [-0.05, 0) is 18.2 Å². The van der Waals surface area contributed by atoms with E-state index in [0.29, 0.717) is 10.9 Å². The molecule has 0 radical (unpaired) electrons. The van der Waals surface area contributed by atoms with Crippen LogP contribution in [0.25, 0.3) is 0 Å². The molecule has 0 saturated carbocycles. The van der Waals surface area contributed by atoms with Crippen LogP contribution in [0, 0.1) is 0 Å². The lowest BCUT2D eigenvalue weighted by atomic mass is 10.2. The summed E-state index contributed by atoms with van der Waals surface area (Å²) >= 11 is 9.68. The van der Waals surface area contributed by atoms with Gasteiger partial charge in [0.2, 0.25) is 0 Å². The van der Waals surface area contributed by atoms with Gasteiger partial charge in [0.25, 0.3) is 12.3 Å². The highest BCUT2D eigenvalue weighted by Gasteiger charge is 2.19. The van der Waals surface area contributed by atoms with Crippen LogP contribution in [0.4, 0.5) is 8.78 Å². The van der Waals surface area contributed by atoms with Crippen molar-refractivity contribution >= 4 is 53.7 Å². The Balaban J connectivity index is 2.93. The van der Waals surface area contributed by atoms with Crippen LogP contribution in [0.2, 0.25) is 0 Å². The van der Waals surface area contributed by atoms with Crippen LogP contribution in [-0.4, -0.2) is 35.7 Å². The SMILES string of the molecule is O=C(c1cc(Br)cc(Br)c1)N(CCBr)CC(F)F. The third kappa shape index (κ3) is 4.93. The van der Waals surface area contributed by atoms with Gasteiger partial charge >= 0.3 is 0 Å². The summed E-state index contributed by atoms with van der Waals surface area (Å²) < 4.78 is 26.3. The number of alkyl halides is 3. The van der Waals surface area contributed by atoms with Gasteiger partial charge < -0.3 is 4.90 Å². The molecule has 7 heteroatoms. The Hall–Kier alpha value is -0.0100. The Morgan fingerprint density at radius 3 is 2.22 bits per heavy atom. The summed E-state index contributed by atoms with van der Waals surface area (Å²) in [5.41, 5.74) is 0.373. The summed E-state index contributed by atoms with van der Waals surface area (Å²) in [7, 11) is 0. The fraction of sp³-hybridized carbons (Fsp3) is 0.364.